The molecule has 0 amide bonds. The van der Waals surface area contributed by atoms with Gasteiger partial charge in [0.15, 0.2) is 11.4 Å². The van der Waals surface area contributed by atoms with Crippen LogP contribution in [0.2, 0.25) is 0 Å². The Bertz CT molecular complexity index is 1820. The van der Waals surface area contributed by atoms with Gasteiger partial charge in [-0.15, -0.1) is 11.3 Å². The Balaban J connectivity index is 1.59. The first-order chi connectivity index (χ1) is 26.2. The molecule has 0 spiro atoms. The van der Waals surface area contributed by atoms with Gasteiger partial charge in [0.25, 0.3) is 0 Å². The van der Waals surface area contributed by atoms with Crippen LogP contribution in [0, 0.1) is 22.7 Å². The maximum Gasteiger partial charge on any atom is 0.360 e. The number of carbonyl (C=O) groups excluding carboxylic acids is 2. The standard InChI is InChI=1S/C44H56N2O8S/c1-9-17-35(47)43(5,6)37-23-15-20-30(4)29(3)19-11-14-26-40-46-32(28-55-40)42(50)54-38(44(7,8)36(48)18-10-2)24-16-22-34-33(52-34)21-12-13-25-39-45-31(27-51-39)41(49)53-37/h9-22,25-30,33-38,47-48H,23-24H2,1-8H3/b17-9+,18-10+,19-11+,20-15-,21-12+,22-16-,25-13-,26-14-/t29-,30-,33+,34-,35+,36+,37+,38+/m1/s1. The minimum Gasteiger partial charge on any atom is -0.457 e. The van der Waals surface area contributed by atoms with Crippen molar-refractivity contribution in [2.24, 2.45) is 22.7 Å². The van der Waals surface area contributed by atoms with Crippen molar-refractivity contribution >= 4 is 35.4 Å². The van der Waals surface area contributed by atoms with Crippen molar-refractivity contribution in [1.82, 2.24) is 9.97 Å². The molecule has 10 nitrogen and oxygen atoms in total. The molecule has 1 fully saturated rings. The van der Waals surface area contributed by atoms with E-state index in [0.717, 1.165) is 0 Å². The minimum atomic E-state index is -0.850. The lowest BCUT2D eigenvalue weighted by Gasteiger charge is -2.36. The normalized spacial score (nSPS) is 29.6. The lowest BCUT2D eigenvalue weighted by Crippen LogP contribution is -2.42. The molecule has 8 atom stereocenters. The number of allylic oxidation sites excluding steroid dienone is 8. The number of aromatic nitrogens is 2. The van der Waals surface area contributed by atoms with E-state index >= 15 is 0 Å². The summed E-state index contributed by atoms with van der Waals surface area (Å²) < 4.78 is 23.3. The average molecular weight is 773 g/mol. The lowest BCUT2D eigenvalue weighted by atomic mass is 9.78. The third-order valence-electron chi connectivity index (χ3n) is 10.2. The second-order valence-corrected chi connectivity index (χ2v) is 16.0. The summed E-state index contributed by atoms with van der Waals surface area (Å²) in [6.07, 6.45) is 28.4. The molecule has 55 heavy (non-hydrogen) atoms. The SMILES string of the molecule is C/C=C/[C@H](O)C(C)(C)[C@@H]1C/C=C\[C@@H](C)[C@H](C)/C=C/C=C\c2nc(cs2)C(=O)O[C@H](C(C)(C)[C@@H](O)/C=C/C)C/C=C\[C@H]2O[C@H]2/C=C/C=C\c2nc(co2)C(=O)O1. The first-order valence-corrected chi connectivity index (χ1v) is 19.7. The van der Waals surface area contributed by atoms with Crippen LogP contribution in [0.1, 0.15) is 100 Å². The maximum atomic E-state index is 13.3. The smallest absolute Gasteiger partial charge is 0.360 e. The largest absolute Gasteiger partial charge is 0.457 e. The Morgan fingerprint density at radius 3 is 1.93 bits per heavy atom. The number of cyclic esters (lactones) is 2. The summed E-state index contributed by atoms with van der Waals surface area (Å²) in [7, 11) is 0. The number of hydrogen-bond acceptors (Lipinski definition) is 11. The molecule has 0 radical (unpaired) electrons. The second kappa shape index (κ2) is 20.0. The quantitative estimate of drug-likeness (QED) is 0.166. The summed E-state index contributed by atoms with van der Waals surface area (Å²) in [4.78, 5) is 35.4. The highest BCUT2D eigenvalue weighted by Crippen LogP contribution is 2.34. The highest BCUT2D eigenvalue weighted by molar-refractivity contribution is 7.10. The zero-order valence-electron chi connectivity index (χ0n) is 33.1. The number of aliphatic hydroxyl groups excluding tert-OH is 2. The summed E-state index contributed by atoms with van der Waals surface area (Å²) in [5.74, 6) is -0.631. The van der Waals surface area contributed by atoms with Crippen LogP contribution in [-0.4, -0.2) is 68.7 Å². The van der Waals surface area contributed by atoms with Crippen molar-refractivity contribution in [2.45, 2.75) is 105 Å². The number of hydrogen-bond donors (Lipinski definition) is 2. The van der Waals surface area contributed by atoms with Gasteiger partial charge in [0.2, 0.25) is 5.89 Å². The fraction of sp³-hybridized carbons (Fsp3) is 0.455. The molecule has 0 aliphatic carbocycles. The molecular formula is C44H56N2O8S. The zero-order valence-corrected chi connectivity index (χ0v) is 33.9. The van der Waals surface area contributed by atoms with E-state index in [0.29, 0.717) is 17.8 Å². The number of oxazole rings is 1. The van der Waals surface area contributed by atoms with Crippen LogP contribution < -0.4 is 0 Å². The predicted molar refractivity (Wildman–Crippen MR) is 217 cm³/mol. The predicted octanol–water partition coefficient (Wildman–Crippen LogP) is 8.89. The molecule has 2 N–H and O–H groups in total. The zero-order chi connectivity index (χ0) is 40.2. The van der Waals surface area contributed by atoms with Crippen LogP contribution in [-0.2, 0) is 14.2 Å². The van der Waals surface area contributed by atoms with E-state index in [2.05, 4.69) is 36.0 Å². The first-order valence-electron chi connectivity index (χ1n) is 18.8. The molecule has 0 aromatic carbocycles. The number of nitrogens with zero attached hydrogens (tertiary/aromatic N) is 2. The van der Waals surface area contributed by atoms with Gasteiger partial charge < -0.3 is 28.8 Å². The lowest BCUT2D eigenvalue weighted by molar-refractivity contribution is -0.0461. The van der Waals surface area contributed by atoms with E-state index in [1.165, 1.54) is 17.6 Å². The summed E-state index contributed by atoms with van der Waals surface area (Å²) >= 11 is 1.34. The van der Waals surface area contributed by atoms with Crippen molar-refractivity contribution in [3.8, 4) is 0 Å². The number of thiazole rings is 1. The van der Waals surface area contributed by atoms with E-state index in [-0.39, 0.29) is 41.3 Å². The van der Waals surface area contributed by atoms with Gasteiger partial charge in [-0.25, -0.2) is 19.6 Å². The van der Waals surface area contributed by atoms with Gasteiger partial charge in [0.05, 0.1) is 12.2 Å². The summed E-state index contributed by atoms with van der Waals surface area (Å²) in [6, 6.07) is 0. The molecule has 11 heteroatoms. The molecule has 4 bridgehead atoms. The van der Waals surface area contributed by atoms with Crippen LogP contribution in [0.3, 0.4) is 0 Å². The fourth-order valence-corrected chi connectivity index (χ4v) is 6.47. The third-order valence-corrected chi connectivity index (χ3v) is 11.0. The molecule has 1 saturated heterocycles. The van der Waals surface area contributed by atoms with Gasteiger partial charge in [-0.2, -0.15) is 0 Å². The molecule has 2 aromatic heterocycles. The third kappa shape index (κ3) is 12.3. The van der Waals surface area contributed by atoms with E-state index in [1.54, 1.807) is 41.8 Å². The van der Waals surface area contributed by atoms with Crippen molar-refractivity contribution in [2.75, 3.05) is 0 Å². The van der Waals surface area contributed by atoms with Crippen LogP contribution in [0.25, 0.3) is 12.2 Å². The summed E-state index contributed by atoms with van der Waals surface area (Å²) in [6.45, 7) is 15.4. The van der Waals surface area contributed by atoms with E-state index < -0.39 is 47.2 Å². The topological polar surface area (TPSA) is 145 Å². The monoisotopic (exact) mass is 772 g/mol. The Labute approximate surface area is 329 Å². The molecule has 4 rings (SSSR count). The Morgan fingerprint density at radius 2 is 1.29 bits per heavy atom. The van der Waals surface area contributed by atoms with Crippen LogP contribution in [0.5, 0.6) is 0 Å². The second-order valence-electron chi connectivity index (χ2n) is 15.1. The number of aliphatic hydroxyl groups is 2. The Hall–Kier alpha value is -4.42. The molecule has 2 aliphatic rings. The molecular weight excluding hydrogens is 717 g/mol. The van der Waals surface area contributed by atoms with E-state index in [1.807, 2.05) is 90.2 Å². The van der Waals surface area contributed by atoms with Crippen LogP contribution in [0.4, 0.5) is 0 Å². The molecule has 0 saturated carbocycles. The van der Waals surface area contributed by atoms with Gasteiger partial charge in [-0.3, -0.25) is 0 Å². The molecule has 2 aromatic rings. The van der Waals surface area contributed by atoms with Crippen LogP contribution in [0.15, 0.2) is 101 Å². The number of esters is 2. The number of carbonyl (C=O) groups is 2. The number of fused-ring (bicyclic) bond motifs is 5. The fourth-order valence-electron chi connectivity index (χ4n) is 5.78. The Kier molecular flexibility index (Phi) is 15.7. The minimum absolute atomic E-state index is 0.0314. The van der Waals surface area contributed by atoms with E-state index in [4.69, 9.17) is 18.6 Å². The van der Waals surface area contributed by atoms with Gasteiger partial charge in [-0.05, 0) is 31.8 Å². The molecule has 296 valence electrons. The van der Waals surface area contributed by atoms with Crippen molar-refractivity contribution in [3.05, 3.63) is 119 Å². The number of rotatable bonds is 6. The Morgan fingerprint density at radius 1 is 0.745 bits per heavy atom. The van der Waals surface area contributed by atoms with Crippen LogP contribution >= 0.6 is 11.3 Å². The highest BCUT2D eigenvalue weighted by Gasteiger charge is 2.40. The van der Waals surface area contributed by atoms with Gasteiger partial charge >= 0.3 is 11.9 Å². The van der Waals surface area contributed by atoms with Gasteiger partial charge in [-0.1, -0.05) is 127 Å². The molecule has 0 unspecified atom stereocenters. The average Bonchev–Trinajstić information content (AvgIpc) is 3.46. The highest BCUT2D eigenvalue weighted by atomic mass is 32.1. The molecule has 4 heterocycles. The van der Waals surface area contributed by atoms with Crippen molar-refractivity contribution < 1.29 is 38.4 Å². The number of epoxide rings is 1. The summed E-state index contributed by atoms with van der Waals surface area (Å²) in [5, 5.41) is 24.2. The molecule has 2 aliphatic heterocycles. The maximum absolute atomic E-state index is 13.3. The van der Waals surface area contributed by atoms with Gasteiger partial charge in [0, 0.05) is 35.1 Å². The van der Waals surface area contributed by atoms with E-state index in [9.17, 15) is 19.8 Å². The number of ether oxygens (including phenoxy) is 3. The van der Waals surface area contributed by atoms with Crippen molar-refractivity contribution in [3.63, 3.8) is 0 Å². The first kappa shape index (κ1) is 43.3. The van der Waals surface area contributed by atoms with Gasteiger partial charge in [0.1, 0.15) is 35.7 Å². The van der Waals surface area contributed by atoms with Crippen molar-refractivity contribution in [1.29, 1.82) is 0 Å². The summed E-state index contributed by atoms with van der Waals surface area (Å²) in [5.41, 5.74) is -1.36.